The predicted molar refractivity (Wildman–Crippen MR) is 100 cm³/mol. The molecule has 0 aliphatic heterocycles. The van der Waals surface area contributed by atoms with Gasteiger partial charge in [0.25, 0.3) is 5.91 Å². The molecule has 0 aliphatic rings. The first-order chi connectivity index (χ1) is 11.9. The number of carbonyl (C=O) groups excluding carboxylic acids is 2. The topological polar surface area (TPSA) is 67.4 Å². The van der Waals surface area contributed by atoms with Crippen molar-refractivity contribution in [1.29, 1.82) is 0 Å². The van der Waals surface area contributed by atoms with Crippen molar-refractivity contribution < 1.29 is 14.3 Å². The number of hydrogen-bond donors (Lipinski definition) is 2. The van der Waals surface area contributed by atoms with Crippen LogP contribution in [0.3, 0.4) is 0 Å². The standard InChI is InChI=1S/C19H21BrN2O3/c1-12-5-4-6-17(13(12)2)25-14(3)19(24)22-21-18(23)11-15-7-9-16(20)10-8-15/h4-10,14H,11H2,1-3H3,(H,21,23)(H,22,24). The maximum Gasteiger partial charge on any atom is 0.279 e. The normalized spacial score (nSPS) is 11.5. The first-order valence-electron chi connectivity index (χ1n) is 7.93. The Morgan fingerprint density at radius 2 is 1.76 bits per heavy atom. The highest BCUT2D eigenvalue weighted by Crippen LogP contribution is 2.21. The van der Waals surface area contributed by atoms with Gasteiger partial charge >= 0.3 is 0 Å². The van der Waals surface area contributed by atoms with E-state index in [1.807, 2.05) is 56.3 Å². The van der Waals surface area contributed by atoms with Gasteiger partial charge in [0.1, 0.15) is 5.75 Å². The van der Waals surface area contributed by atoms with Crippen molar-refractivity contribution in [2.24, 2.45) is 0 Å². The third-order valence-corrected chi connectivity index (χ3v) is 4.36. The number of hydrogen-bond acceptors (Lipinski definition) is 3. The molecule has 0 bridgehead atoms. The van der Waals surface area contributed by atoms with E-state index in [0.29, 0.717) is 5.75 Å². The van der Waals surface area contributed by atoms with Crippen LogP contribution in [0, 0.1) is 13.8 Å². The first-order valence-corrected chi connectivity index (χ1v) is 8.72. The number of carbonyl (C=O) groups is 2. The maximum atomic E-state index is 12.1. The molecule has 6 heteroatoms. The summed E-state index contributed by atoms with van der Waals surface area (Å²) in [4.78, 5) is 24.0. The molecule has 1 atom stereocenters. The zero-order valence-corrected chi connectivity index (χ0v) is 16.0. The Balaban J connectivity index is 1.83. The molecule has 0 aromatic heterocycles. The Hall–Kier alpha value is -2.34. The van der Waals surface area contributed by atoms with Gasteiger partial charge in [0, 0.05) is 4.47 Å². The van der Waals surface area contributed by atoms with Crippen molar-refractivity contribution >= 4 is 27.7 Å². The molecule has 2 N–H and O–H groups in total. The number of benzene rings is 2. The van der Waals surface area contributed by atoms with Crippen LogP contribution >= 0.6 is 15.9 Å². The quantitative estimate of drug-likeness (QED) is 0.751. The van der Waals surface area contributed by atoms with Gasteiger partial charge in [-0.3, -0.25) is 20.4 Å². The minimum atomic E-state index is -0.728. The lowest BCUT2D eigenvalue weighted by Gasteiger charge is -2.17. The summed E-state index contributed by atoms with van der Waals surface area (Å²) >= 11 is 3.34. The average Bonchev–Trinajstić information content (AvgIpc) is 2.58. The predicted octanol–water partition coefficient (Wildman–Crippen LogP) is 3.22. The van der Waals surface area contributed by atoms with E-state index in [0.717, 1.165) is 21.2 Å². The molecule has 2 aromatic rings. The van der Waals surface area contributed by atoms with Gasteiger partial charge in [-0.15, -0.1) is 0 Å². The summed E-state index contributed by atoms with van der Waals surface area (Å²) in [6.45, 7) is 5.56. The number of rotatable bonds is 5. The van der Waals surface area contributed by atoms with Gasteiger partial charge in [-0.25, -0.2) is 0 Å². The SMILES string of the molecule is Cc1cccc(OC(C)C(=O)NNC(=O)Cc2ccc(Br)cc2)c1C. The third-order valence-electron chi connectivity index (χ3n) is 3.83. The minimum absolute atomic E-state index is 0.180. The highest BCUT2D eigenvalue weighted by molar-refractivity contribution is 9.10. The number of nitrogens with one attached hydrogen (secondary N) is 2. The van der Waals surface area contributed by atoms with Crippen LogP contribution in [0.25, 0.3) is 0 Å². The Bertz CT molecular complexity index is 760. The van der Waals surface area contributed by atoms with Crippen molar-refractivity contribution in [2.75, 3.05) is 0 Å². The van der Waals surface area contributed by atoms with Crippen LogP contribution in [0.4, 0.5) is 0 Å². The third kappa shape index (κ3) is 5.60. The second kappa shape index (κ2) is 8.67. The summed E-state index contributed by atoms with van der Waals surface area (Å²) in [5.41, 5.74) is 7.74. The molecule has 0 fully saturated rings. The second-order valence-electron chi connectivity index (χ2n) is 5.80. The number of hydrazine groups is 1. The van der Waals surface area contributed by atoms with Crippen molar-refractivity contribution in [2.45, 2.75) is 33.3 Å². The molecule has 0 saturated carbocycles. The number of aryl methyl sites for hydroxylation is 1. The Labute approximate surface area is 155 Å². The van der Waals surface area contributed by atoms with Gasteiger partial charge in [-0.1, -0.05) is 40.2 Å². The molecule has 0 saturated heterocycles. The van der Waals surface area contributed by atoms with E-state index in [-0.39, 0.29) is 12.3 Å². The molecule has 2 aromatic carbocycles. The molecule has 5 nitrogen and oxygen atoms in total. The van der Waals surface area contributed by atoms with E-state index < -0.39 is 12.0 Å². The van der Waals surface area contributed by atoms with Gasteiger partial charge in [0.15, 0.2) is 6.10 Å². The van der Waals surface area contributed by atoms with Gasteiger partial charge in [0.2, 0.25) is 5.91 Å². The van der Waals surface area contributed by atoms with E-state index in [9.17, 15) is 9.59 Å². The van der Waals surface area contributed by atoms with E-state index in [1.54, 1.807) is 6.92 Å². The lowest BCUT2D eigenvalue weighted by atomic mass is 10.1. The Morgan fingerprint density at radius 1 is 1.08 bits per heavy atom. The highest BCUT2D eigenvalue weighted by Gasteiger charge is 2.16. The van der Waals surface area contributed by atoms with Gasteiger partial charge < -0.3 is 4.74 Å². The van der Waals surface area contributed by atoms with Crippen molar-refractivity contribution in [1.82, 2.24) is 10.9 Å². The largest absolute Gasteiger partial charge is 0.481 e. The summed E-state index contributed by atoms with van der Waals surface area (Å²) < 4.78 is 6.63. The molecule has 0 aliphatic carbocycles. The summed E-state index contributed by atoms with van der Waals surface area (Å²) in [7, 11) is 0. The zero-order valence-electron chi connectivity index (χ0n) is 14.4. The summed E-state index contributed by atoms with van der Waals surface area (Å²) in [6.07, 6.45) is -0.548. The van der Waals surface area contributed by atoms with Crippen LogP contribution in [0.1, 0.15) is 23.6 Å². The number of ether oxygens (including phenoxy) is 1. The lowest BCUT2D eigenvalue weighted by Crippen LogP contribution is -2.47. The monoisotopic (exact) mass is 404 g/mol. The molecule has 1 unspecified atom stereocenters. The van der Waals surface area contributed by atoms with Crippen LogP contribution in [0.15, 0.2) is 46.9 Å². The molecular weight excluding hydrogens is 384 g/mol. The van der Waals surface area contributed by atoms with Crippen LogP contribution in [0.5, 0.6) is 5.75 Å². The fraction of sp³-hybridized carbons (Fsp3) is 0.263. The summed E-state index contributed by atoms with van der Waals surface area (Å²) in [5, 5.41) is 0. The van der Waals surface area contributed by atoms with Crippen LogP contribution in [-0.4, -0.2) is 17.9 Å². The smallest absolute Gasteiger partial charge is 0.279 e. The van der Waals surface area contributed by atoms with E-state index >= 15 is 0 Å². The molecule has 0 radical (unpaired) electrons. The zero-order chi connectivity index (χ0) is 18.4. The molecular formula is C19H21BrN2O3. The van der Waals surface area contributed by atoms with Gasteiger partial charge in [-0.05, 0) is 55.7 Å². The van der Waals surface area contributed by atoms with E-state index in [4.69, 9.17) is 4.74 Å². The van der Waals surface area contributed by atoms with Gasteiger partial charge in [0.05, 0.1) is 6.42 Å². The molecule has 0 spiro atoms. The fourth-order valence-corrected chi connectivity index (χ4v) is 2.42. The van der Waals surface area contributed by atoms with Crippen LogP contribution in [-0.2, 0) is 16.0 Å². The molecule has 132 valence electrons. The molecule has 2 rings (SSSR count). The first kappa shape index (κ1) is 19.0. The molecule has 0 heterocycles. The average molecular weight is 405 g/mol. The summed E-state index contributed by atoms with van der Waals surface area (Å²) in [5.74, 6) is -0.0523. The van der Waals surface area contributed by atoms with E-state index in [1.165, 1.54) is 0 Å². The van der Waals surface area contributed by atoms with Crippen LogP contribution < -0.4 is 15.6 Å². The minimum Gasteiger partial charge on any atom is -0.481 e. The van der Waals surface area contributed by atoms with Crippen molar-refractivity contribution in [3.05, 3.63) is 63.6 Å². The fourth-order valence-electron chi connectivity index (χ4n) is 2.16. The second-order valence-corrected chi connectivity index (χ2v) is 6.71. The molecule has 25 heavy (non-hydrogen) atoms. The Kier molecular flexibility index (Phi) is 6.58. The van der Waals surface area contributed by atoms with Crippen LogP contribution in [0.2, 0.25) is 0 Å². The van der Waals surface area contributed by atoms with Gasteiger partial charge in [-0.2, -0.15) is 0 Å². The number of amides is 2. The summed E-state index contributed by atoms with van der Waals surface area (Å²) in [6, 6.07) is 13.1. The lowest BCUT2D eigenvalue weighted by molar-refractivity contribution is -0.132. The number of halogens is 1. The van der Waals surface area contributed by atoms with Crippen molar-refractivity contribution in [3.8, 4) is 5.75 Å². The maximum absolute atomic E-state index is 12.1. The molecule has 2 amide bonds. The van der Waals surface area contributed by atoms with E-state index in [2.05, 4.69) is 26.8 Å². The van der Waals surface area contributed by atoms with Crippen molar-refractivity contribution in [3.63, 3.8) is 0 Å². The Morgan fingerprint density at radius 3 is 2.44 bits per heavy atom. The highest BCUT2D eigenvalue weighted by atomic mass is 79.9.